The zero-order valence-electron chi connectivity index (χ0n) is 15.6. The highest BCUT2D eigenvalue weighted by molar-refractivity contribution is 5.94. The lowest BCUT2D eigenvalue weighted by molar-refractivity contribution is 0.0698. The first-order chi connectivity index (χ1) is 13.1. The van der Waals surface area contributed by atoms with Crippen LogP contribution < -0.4 is 4.74 Å². The fourth-order valence-electron chi connectivity index (χ4n) is 4.14. The van der Waals surface area contributed by atoms with E-state index in [0.717, 1.165) is 41.0 Å². The van der Waals surface area contributed by atoms with E-state index < -0.39 is 5.97 Å². The number of carboxylic acid groups (broad SMARTS) is 1. The van der Waals surface area contributed by atoms with Crippen LogP contribution in [0.4, 0.5) is 0 Å². The molecule has 1 aromatic carbocycles. The van der Waals surface area contributed by atoms with Gasteiger partial charge >= 0.3 is 5.97 Å². The number of aromatic nitrogens is 3. The van der Waals surface area contributed by atoms with Crippen molar-refractivity contribution in [3.63, 3.8) is 0 Å². The number of hydrogen-bond acceptors (Lipinski definition) is 4. The van der Waals surface area contributed by atoms with Crippen molar-refractivity contribution in [3.8, 4) is 16.9 Å². The van der Waals surface area contributed by atoms with Gasteiger partial charge in [0, 0.05) is 17.7 Å². The SMILES string of the molecule is COc1ccc(-c2cnc3c(C(=O)O)cnn3c2C2CCCCC2)c(C)c1. The molecule has 1 aliphatic rings. The van der Waals surface area contributed by atoms with Crippen LogP contribution in [0.1, 0.15) is 59.6 Å². The maximum atomic E-state index is 11.5. The zero-order valence-corrected chi connectivity index (χ0v) is 15.6. The van der Waals surface area contributed by atoms with Gasteiger partial charge in [-0.3, -0.25) is 0 Å². The molecule has 27 heavy (non-hydrogen) atoms. The number of benzene rings is 1. The molecule has 0 spiro atoms. The first-order valence-corrected chi connectivity index (χ1v) is 9.35. The van der Waals surface area contributed by atoms with E-state index in [2.05, 4.69) is 17.0 Å². The number of aromatic carboxylic acids is 1. The van der Waals surface area contributed by atoms with Gasteiger partial charge in [-0.2, -0.15) is 5.10 Å². The lowest BCUT2D eigenvalue weighted by atomic mass is 9.83. The first kappa shape index (κ1) is 17.5. The average molecular weight is 365 g/mol. The van der Waals surface area contributed by atoms with E-state index in [1.807, 2.05) is 24.4 Å². The van der Waals surface area contributed by atoms with E-state index >= 15 is 0 Å². The second kappa shape index (κ2) is 7.02. The molecular formula is C21H23N3O3. The van der Waals surface area contributed by atoms with Crippen molar-refractivity contribution >= 4 is 11.6 Å². The first-order valence-electron chi connectivity index (χ1n) is 9.35. The molecule has 1 saturated carbocycles. The van der Waals surface area contributed by atoms with Gasteiger partial charge in [-0.1, -0.05) is 25.3 Å². The summed E-state index contributed by atoms with van der Waals surface area (Å²) in [6, 6.07) is 6.00. The smallest absolute Gasteiger partial charge is 0.341 e. The maximum absolute atomic E-state index is 11.5. The van der Waals surface area contributed by atoms with E-state index in [1.165, 1.54) is 25.5 Å². The third kappa shape index (κ3) is 3.05. The number of carbonyl (C=O) groups is 1. The number of rotatable bonds is 4. The number of ether oxygens (including phenoxy) is 1. The molecule has 1 fully saturated rings. The van der Waals surface area contributed by atoms with Gasteiger partial charge in [0.25, 0.3) is 0 Å². The van der Waals surface area contributed by atoms with Crippen molar-refractivity contribution in [2.24, 2.45) is 0 Å². The molecule has 0 aliphatic heterocycles. The predicted molar refractivity (Wildman–Crippen MR) is 102 cm³/mol. The topological polar surface area (TPSA) is 76.7 Å². The van der Waals surface area contributed by atoms with Gasteiger partial charge in [0.05, 0.1) is 19.0 Å². The third-order valence-corrected chi connectivity index (χ3v) is 5.51. The Bertz CT molecular complexity index is 1000. The van der Waals surface area contributed by atoms with Gasteiger partial charge in [0.2, 0.25) is 0 Å². The monoisotopic (exact) mass is 365 g/mol. The Morgan fingerprint density at radius 3 is 2.63 bits per heavy atom. The van der Waals surface area contributed by atoms with Crippen LogP contribution in [0, 0.1) is 6.92 Å². The minimum Gasteiger partial charge on any atom is -0.497 e. The molecular weight excluding hydrogens is 342 g/mol. The van der Waals surface area contributed by atoms with E-state index in [-0.39, 0.29) is 5.56 Å². The largest absolute Gasteiger partial charge is 0.497 e. The van der Waals surface area contributed by atoms with Crippen LogP contribution in [0.25, 0.3) is 16.8 Å². The summed E-state index contributed by atoms with van der Waals surface area (Å²) >= 11 is 0. The highest BCUT2D eigenvalue weighted by Crippen LogP contribution is 2.39. The van der Waals surface area contributed by atoms with Crippen LogP contribution in [0.5, 0.6) is 5.75 Å². The molecule has 3 aromatic rings. The van der Waals surface area contributed by atoms with Gasteiger partial charge in [-0.05, 0) is 43.0 Å². The van der Waals surface area contributed by atoms with Crippen molar-refractivity contribution in [2.75, 3.05) is 7.11 Å². The van der Waals surface area contributed by atoms with E-state index in [1.54, 1.807) is 11.6 Å². The molecule has 0 amide bonds. The van der Waals surface area contributed by atoms with E-state index in [4.69, 9.17) is 4.74 Å². The second-order valence-electron chi connectivity index (χ2n) is 7.17. The van der Waals surface area contributed by atoms with Crippen molar-refractivity contribution in [2.45, 2.75) is 44.9 Å². The minimum atomic E-state index is -1.000. The van der Waals surface area contributed by atoms with Crippen molar-refractivity contribution in [1.82, 2.24) is 14.6 Å². The van der Waals surface area contributed by atoms with Crippen LogP contribution >= 0.6 is 0 Å². The quantitative estimate of drug-likeness (QED) is 0.739. The van der Waals surface area contributed by atoms with Gasteiger partial charge in [-0.25, -0.2) is 14.3 Å². The molecule has 0 radical (unpaired) electrons. The number of carboxylic acids is 1. The van der Waals surface area contributed by atoms with Crippen LogP contribution in [0.3, 0.4) is 0 Å². The van der Waals surface area contributed by atoms with Crippen molar-refractivity contribution < 1.29 is 14.6 Å². The Kier molecular flexibility index (Phi) is 4.56. The van der Waals surface area contributed by atoms with Crippen LogP contribution in [0.15, 0.2) is 30.6 Å². The summed E-state index contributed by atoms with van der Waals surface area (Å²) in [6.07, 6.45) is 9.00. The molecule has 0 atom stereocenters. The molecule has 0 bridgehead atoms. The molecule has 2 heterocycles. The summed E-state index contributed by atoms with van der Waals surface area (Å²) in [5.74, 6) is 0.166. The van der Waals surface area contributed by atoms with Gasteiger partial charge < -0.3 is 9.84 Å². The molecule has 1 aliphatic carbocycles. The standard InChI is InChI=1S/C21H23N3O3/c1-13-10-15(27-2)8-9-16(13)17-11-22-20-18(21(25)26)12-23-24(20)19(17)14-6-4-3-5-7-14/h8-12,14H,3-7H2,1-2H3,(H,25,26). The number of fused-ring (bicyclic) bond motifs is 1. The molecule has 2 aromatic heterocycles. The van der Waals surface area contributed by atoms with E-state index in [9.17, 15) is 9.90 Å². The summed E-state index contributed by atoms with van der Waals surface area (Å²) in [5, 5.41) is 13.9. The molecule has 1 N–H and O–H groups in total. The van der Waals surface area contributed by atoms with E-state index in [0.29, 0.717) is 11.6 Å². The molecule has 0 unspecified atom stereocenters. The van der Waals surface area contributed by atoms with Crippen LogP contribution in [-0.4, -0.2) is 32.8 Å². The summed E-state index contributed by atoms with van der Waals surface area (Å²) in [4.78, 5) is 16.0. The van der Waals surface area contributed by atoms with Crippen molar-refractivity contribution in [1.29, 1.82) is 0 Å². The molecule has 6 heteroatoms. The molecule has 0 saturated heterocycles. The summed E-state index contributed by atoms with van der Waals surface area (Å²) in [5.41, 5.74) is 4.83. The maximum Gasteiger partial charge on any atom is 0.341 e. The third-order valence-electron chi connectivity index (χ3n) is 5.51. The normalized spacial score (nSPS) is 15.2. The minimum absolute atomic E-state index is 0.144. The number of aryl methyl sites for hydroxylation is 1. The predicted octanol–water partition coefficient (Wildman–Crippen LogP) is 4.46. The fourth-order valence-corrected chi connectivity index (χ4v) is 4.14. The Morgan fingerprint density at radius 2 is 1.96 bits per heavy atom. The lowest BCUT2D eigenvalue weighted by Crippen LogP contribution is -2.13. The summed E-state index contributed by atoms with van der Waals surface area (Å²) in [7, 11) is 1.66. The van der Waals surface area contributed by atoms with Crippen molar-refractivity contribution in [3.05, 3.63) is 47.4 Å². The average Bonchev–Trinajstić information content (AvgIpc) is 3.12. The molecule has 6 nitrogen and oxygen atoms in total. The summed E-state index contributed by atoms with van der Waals surface area (Å²) < 4.78 is 7.08. The second-order valence-corrected chi connectivity index (χ2v) is 7.17. The Hall–Kier alpha value is -2.89. The highest BCUT2D eigenvalue weighted by Gasteiger charge is 2.26. The van der Waals surface area contributed by atoms with Gasteiger partial charge in [0.1, 0.15) is 11.3 Å². The number of nitrogens with zero attached hydrogens (tertiary/aromatic N) is 3. The molecule has 4 rings (SSSR count). The van der Waals surface area contributed by atoms with Crippen LogP contribution in [-0.2, 0) is 0 Å². The Labute approximate surface area is 157 Å². The highest BCUT2D eigenvalue weighted by atomic mass is 16.5. The van der Waals surface area contributed by atoms with Crippen LogP contribution in [0.2, 0.25) is 0 Å². The zero-order chi connectivity index (χ0) is 19.0. The van der Waals surface area contributed by atoms with Gasteiger partial charge in [0.15, 0.2) is 5.65 Å². The lowest BCUT2D eigenvalue weighted by Gasteiger charge is -2.25. The fraction of sp³-hybridized carbons (Fsp3) is 0.381. The molecule has 140 valence electrons. The summed E-state index contributed by atoms with van der Waals surface area (Å²) in [6.45, 7) is 2.05. The Morgan fingerprint density at radius 1 is 1.19 bits per heavy atom. The van der Waals surface area contributed by atoms with Gasteiger partial charge in [-0.15, -0.1) is 0 Å². The Balaban J connectivity index is 1.95. The number of hydrogen-bond donors (Lipinski definition) is 1. The number of methoxy groups -OCH3 is 1.